The van der Waals surface area contributed by atoms with Crippen molar-refractivity contribution in [2.45, 2.75) is 45.3 Å². The van der Waals surface area contributed by atoms with Crippen LogP contribution in [0.2, 0.25) is 0 Å². The smallest absolute Gasteiger partial charge is 0.428 e. The number of amides is 1. The highest BCUT2D eigenvalue weighted by Crippen LogP contribution is 2.17. The number of carbonyl (C=O) groups excluding carboxylic acids is 2. The van der Waals surface area contributed by atoms with Gasteiger partial charge in [-0.05, 0) is 50.5 Å². The highest BCUT2D eigenvalue weighted by atomic mass is 16.7. The van der Waals surface area contributed by atoms with Crippen LogP contribution in [0.15, 0.2) is 54.6 Å². The molecule has 2 aromatic rings. The zero-order valence-corrected chi connectivity index (χ0v) is 16.5. The maximum absolute atomic E-state index is 12.2. The number of nitrogens with one attached hydrogen (secondary N) is 1. The van der Waals surface area contributed by atoms with E-state index in [2.05, 4.69) is 5.32 Å². The summed E-state index contributed by atoms with van der Waals surface area (Å²) >= 11 is 0. The fourth-order valence-corrected chi connectivity index (χ4v) is 2.54. The topological polar surface area (TPSA) is 84.9 Å². The highest BCUT2D eigenvalue weighted by Gasteiger charge is 2.18. The van der Waals surface area contributed by atoms with Crippen LogP contribution in [0.5, 0.6) is 5.75 Å². The first-order chi connectivity index (χ1) is 13.3. The molecule has 1 unspecified atom stereocenters. The van der Waals surface area contributed by atoms with Gasteiger partial charge in [0, 0.05) is 6.42 Å². The monoisotopic (exact) mass is 385 g/mol. The molecular formula is C22H27NO5. The second kappa shape index (κ2) is 9.90. The Morgan fingerprint density at radius 1 is 1.04 bits per heavy atom. The average Bonchev–Trinajstić information content (AvgIpc) is 2.64. The first-order valence-electron chi connectivity index (χ1n) is 9.22. The predicted octanol–water partition coefficient (Wildman–Crippen LogP) is 3.78. The lowest BCUT2D eigenvalue weighted by molar-refractivity contribution is -0.122. The lowest BCUT2D eigenvalue weighted by Crippen LogP contribution is -2.30. The Morgan fingerprint density at radius 3 is 2.25 bits per heavy atom. The number of aliphatic hydroxyl groups excluding tert-OH is 1. The van der Waals surface area contributed by atoms with E-state index in [4.69, 9.17) is 9.47 Å². The van der Waals surface area contributed by atoms with Crippen LogP contribution in [0.25, 0.3) is 0 Å². The molecule has 0 heterocycles. The number of carbonyl (C=O) groups is 2. The molecule has 28 heavy (non-hydrogen) atoms. The number of hydrogen-bond acceptors (Lipinski definition) is 5. The molecule has 1 amide bonds. The highest BCUT2D eigenvalue weighted by molar-refractivity contribution is 5.76. The van der Waals surface area contributed by atoms with Crippen molar-refractivity contribution >= 4 is 12.1 Å². The Hall–Kier alpha value is -2.86. The van der Waals surface area contributed by atoms with E-state index in [-0.39, 0.29) is 18.9 Å². The number of aryl methyl sites for hydroxylation is 1. The van der Waals surface area contributed by atoms with Crippen molar-refractivity contribution in [2.75, 3.05) is 6.61 Å². The molecule has 6 heteroatoms. The first-order valence-corrected chi connectivity index (χ1v) is 9.22. The van der Waals surface area contributed by atoms with Crippen molar-refractivity contribution < 1.29 is 24.2 Å². The van der Waals surface area contributed by atoms with E-state index >= 15 is 0 Å². The quantitative estimate of drug-likeness (QED) is 0.560. The molecule has 2 N–H and O–H groups in total. The minimum Gasteiger partial charge on any atom is -0.428 e. The number of rotatable bonds is 7. The van der Waals surface area contributed by atoms with Crippen LogP contribution in [0.1, 0.15) is 44.4 Å². The van der Waals surface area contributed by atoms with E-state index in [1.165, 1.54) is 0 Å². The van der Waals surface area contributed by atoms with Gasteiger partial charge in [0.2, 0.25) is 5.91 Å². The Morgan fingerprint density at radius 2 is 1.68 bits per heavy atom. The summed E-state index contributed by atoms with van der Waals surface area (Å²) in [6.45, 7) is 5.14. The van der Waals surface area contributed by atoms with E-state index in [9.17, 15) is 14.7 Å². The lowest BCUT2D eigenvalue weighted by Gasteiger charge is -2.18. The summed E-state index contributed by atoms with van der Waals surface area (Å²) in [7, 11) is 0. The molecule has 2 rings (SSSR count). The molecule has 0 saturated heterocycles. The molecule has 6 nitrogen and oxygen atoms in total. The number of ether oxygens (including phenoxy) is 2. The summed E-state index contributed by atoms with van der Waals surface area (Å²) in [5, 5.41) is 12.4. The van der Waals surface area contributed by atoms with Crippen LogP contribution in [0.4, 0.5) is 4.79 Å². The summed E-state index contributed by atoms with van der Waals surface area (Å²) in [6, 6.07) is 15.9. The number of benzene rings is 2. The van der Waals surface area contributed by atoms with E-state index in [1.54, 1.807) is 45.0 Å². The molecule has 0 fully saturated rings. The third kappa shape index (κ3) is 7.40. The SMILES string of the molecule is CC(C)(C)OC(=O)Oc1ccc(CCC(=O)NC(CO)c2ccccc2)cc1. The maximum atomic E-state index is 12.2. The zero-order chi connectivity index (χ0) is 20.6. The molecule has 0 aliphatic carbocycles. The molecule has 150 valence electrons. The van der Waals surface area contributed by atoms with Crippen LogP contribution < -0.4 is 10.1 Å². The summed E-state index contributed by atoms with van der Waals surface area (Å²) < 4.78 is 10.2. The van der Waals surface area contributed by atoms with Gasteiger partial charge < -0.3 is 19.9 Å². The van der Waals surface area contributed by atoms with Crippen LogP contribution in [0, 0.1) is 0 Å². The van der Waals surface area contributed by atoms with Crippen molar-refractivity contribution in [1.82, 2.24) is 5.32 Å². The molecule has 0 radical (unpaired) electrons. The van der Waals surface area contributed by atoms with Gasteiger partial charge in [-0.3, -0.25) is 4.79 Å². The third-order valence-electron chi connectivity index (χ3n) is 3.87. The fourth-order valence-electron chi connectivity index (χ4n) is 2.54. The molecule has 0 bridgehead atoms. The van der Waals surface area contributed by atoms with Gasteiger partial charge in [0.15, 0.2) is 0 Å². The second-order valence-electron chi connectivity index (χ2n) is 7.42. The second-order valence-corrected chi connectivity index (χ2v) is 7.42. The van der Waals surface area contributed by atoms with Crippen LogP contribution in [-0.2, 0) is 16.0 Å². The van der Waals surface area contributed by atoms with Crippen molar-refractivity contribution in [3.63, 3.8) is 0 Å². The van der Waals surface area contributed by atoms with Gasteiger partial charge >= 0.3 is 6.16 Å². The molecule has 0 aliphatic rings. The predicted molar refractivity (Wildman–Crippen MR) is 106 cm³/mol. The summed E-state index contributed by atoms with van der Waals surface area (Å²) in [4.78, 5) is 23.9. The normalized spacial score (nSPS) is 12.1. The van der Waals surface area contributed by atoms with E-state index in [0.29, 0.717) is 12.2 Å². The van der Waals surface area contributed by atoms with E-state index in [1.807, 2.05) is 30.3 Å². The Bertz CT molecular complexity index is 766. The summed E-state index contributed by atoms with van der Waals surface area (Å²) in [6.07, 6.45) is 0.0664. The molecule has 0 saturated carbocycles. The van der Waals surface area contributed by atoms with E-state index < -0.39 is 17.8 Å². The Kier molecular flexibility index (Phi) is 7.58. The standard InChI is InChI=1S/C22H27NO5/c1-22(2,3)28-21(26)27-18-12-9-16(10-13-18)11-14-20(25)23-19(15-24)17-7-5-4-6-8-17/h4-10,12-13,19,24H,11,14-15H2,1-3H3,(H,23,25). The van der Waals surface area contributed by atoms with Gasteiger partial charge in [-0.15, -0.1) is 0 Å². The van der Waals surface area contributed by atoms with Crippen molar-refractivity contribution in [2.24, 2.45) is 0 Å². The van der Waals surface area contributed by atoms with Crippen molar-refractivity contribution in [3.05, 3.63) is 65.7 Å². The minimum atomic E-state index is -0.754. The molecule has 1 atom stereocenters. The molecule has 0 spiro atoms. The summed E-state index contributed by atoms with van der Waals surface area (Å²) in [5.41, 5.74) is 1.19. The van der Waals surface area contributed by atoms with Gasteiger partial charge in [0.05, 0.1) is 12.6 Å². The largest absolute Gasteiger partial charge is 0.514 e. The molecule has 2 aromatic carbocycles. The van der Waals surface area contributed by atoms with Crippen molar-refractivity contribution in [3.8, 4) is 5.75 Å². The third-order valence-corrected chi connectivity index (χ3v) is 3.87. The summed E-state index contributed by atoms with van der Waals surface area (Å²) in [5.74, 6) is 0.240. The van der Waals surface area contributed by atoms with Gasteiger partial charge in [-0.2, -0.15) is 0 Å². The van der Waals surface area contributed by atoms with Crippen LogP contribution in [-0.4, -0.2) is 29.4 Å². The number of aliphatic hydroxyl groups is 1. The zero-order valence-electron chi connectivity index (χ0n) is 16.5. The van der Waals surface area contributed by atoms with Crippen LogP contribution >= 0.6 is 0 Å². The molecular weight excluding hydrogens is 358 g/mol. The maximum Gasteiger partial charge on any atom is 0.514 e. The average molecular weight is 385 g/mol. The van der Waals surface area contributed by atoms with Crippen molar-refractivity contribution in [1.29, 1.82) is 0 Å². The first kappa shape index (κ1) is 21.4. The number of hydrogen-bond donors (Lipinski definition) is 2. The Labute approximate surface area is 165 Å². The van der Waals surface area contributed by atoms with E-state index in [0.717, 1.165) is 11.1 Å². The lowest BCUT2D eigenvalue weighted by atomic mass is 10.1. The minimum absolute atomic E-state index is 0.142. The van der Waals surface area contributed by atoms with Gasteiger partial charge in [-0.1, -0.05) is 42.5 Å². The fraction of sp³-hybridized carbons (Fsp3) is 0.364. The molecule has 0 aliphatic heterocycles. The van der Waals surface area contributed by atoms with Crippen LogP contribution in [0.3, 0.4) is 0 Å². The van der Waals surface area contributed by atoms with Gasteiger partial charge in [-0.25, -0.2) is 4.79 Å². The molecule has 0 aromatic heterocycles. The van der Waals surface area contributed by atoms with Gasteiger partial charge in [0.25, 0.3) is 0 Å². The Balaban J connectivity index is 1.82. The van der Waals surface area contributed by atoms with Gasteiger partial charge in [0.1, 0.15) is 11.4 Å².